The molecule has 6 heteroatoms. The van der Waals surface area contributed by atoms with E-state index in [4.69, 9.17) is 4.74 Å². The van der Waals surface area contributed by atoms with E-state index < -0.39 is 11.0 Å². The molecular formula is C22H22N2O3S. The molecule has 0 spiro atoms. The van der Waals surface area contributed by atoms with Gasteiger partial charge in [-0.15, -0.1) is 0 Å². The van der Waals surface area contributed by atoms with Crippen LogP contribution in [-0.4, -0.2) is 17.2 Å². The zero-order valence-electron chi connectivity index (χ0n) is 16.0. The standard InChI is InChI=1S/C22H22N2O3S/c1-15-6-4-5-7-20(15)23-22(25)17-9-8-16(2)21(14-17)28(26)24-18-10-12-19(27-3)13-11-18/h4-14,24H,1-3H3,(H,23,25). The lowest BCUT2D eigenvalue weighted by molar-refractivity contribution is 0.102. The van der Waals surface area contributed by atoms with Crippen molar-refractivity contribution in [3.63, 3.8) is 0 Å². The molecule has 0 aliphatic carbocycles. The average molecular weight is 394 g/mol. The number of carbonyl (C=O) groups is 1. The number of carbonyl (C=O) groups excluding carboxylic acids is 1. The number of methoxy groups -OCH3 is 1. The summed E-state index contributed by atoms with van der Waals surface area (Å²) in [6, 6.07) is 19.9. The molecule has 3 aromatic carbocycles. The van der Waals surface area contributed by atoms with E-state index in [-0.39, 0.29) is 5.91 Å². The second-order valence-corrected chi connectivity index (χ2v) is 7.53. The molecule has 0 aliphatic heterocycles. The first-order valence-corrected chi connectivity index (χ1v) is 9.93. The maximum Gasteiger partial charge on any atom is 0.255 e. The molecule has 0 aromatic heterocycles. The number of para-hydroxylation sites is 1. The molecule has 0 saturated heterocycles. The van der Waals surface area contributed by atoms with Gasteiger partial charge in [0.1, 0.15) is 5.75 Å². The monoisotopic (exact) mass is 394 g/mol. The maximum atomic E-state index is 12.8. The number of amides is 1. The Bertz CT molecular complexity index is 1020. The van der Waals surface area contributed by atoms with Gasteiger partial charge in [0.25, 0.3) is 5.91 Å². The topological polar surface area (TPSA) is 67.4 Å². The molecule has 1 unspecified atom stereocenters. The van der Waals surface area contributed by atoms with E-state index in [1.807, 2.05) is 38.1 Å². The first kappa shape index (κ1) is 19.6. The summed E-state index contributed by atoms with van der Waals surface area (Å²) >= 11 is 0. The van der Waals surface area contributed by atoms with Crippen molar-refractivity contribution in [1.29, 1.82) is 0 Å². The van der Waals surface area contributed by atoms with Crippen LogP contribution in [0.5, 0.6) is 5.75 Å². The van der Waals surface area contributed by atoms with Crippen LogP contribution in [0.2, 0.25) is 0 Å². The molecular weight excluding hydrogens is 372 g/mol. The third kappa shape index (κ3) is 4.58. The fourth-order valence-corrected chi connectivity index (χ4v) is 3.72. The third-order valence-corrected chi connectivity index (χ3v) is 5.60. The second-order valence-electron chi connectivity index (χ2n) is 6.35. The molecule has 0 fully saturated rings. The van der Waals surface area contributed by atoms with Crippen molar-refractivity contribution in [1.82, 2.24) is 0 Å². The first-order valence-electron chi connectivity index (χ1n) is 8.78. The summed E-state index contributed by atoms with van der Waals surface area (Å²) in [6.07, 6.45) is 0. The maximum absolute atomic E-state index is 12.8. The highest BCUT2D eigenvalue weighted by molar-refractivity contribution is 7.86. The van der Waals surface area contributed by atoms with Crippen LogP contribution in [0.15, 0.2) is 71.6 Å². The van der Waals surface area contributed by atoms with Gasteiger partial charge in [0.2, 0.25) is 0 Å². The third-order valence-electron chi connectivity index (χ3n) is 4.34. The van der Waals surface area contributed by atoms with Crippen LogP contribution in [0, 0.1) is 13.8 Å². The zero-order chi connectivity index (χ0) is 20.1. The van der Waals surface area contributed by atoms with Gasteiger partial charge in [0.05, 0.1) is 12.0 Å². The Morgan fingerprint density at radius 1 is 0.929 bits per heavy atom. The highest BCUT2D eigenvalue weighted by Gasteiger charge is 2.13. The minimum Gasteiger partial charge on any atom is -0.497 e. The second kappa shape index (κ2) is 8.71. The van der Waals surface area contributed by atoms with Gasteiger partial charge in [-0.05, 0) is 67.4 Å². The highest BCUT2D eigenvalue weighted by atomic mass is 32.2. The highest BCUT2D eigenvalue weighted by Crippen LogP contribution is 2.21. The number of ether oxygens (including phenoxy) is 1. The Kier molecular flexibility index (Phi) is 6.11. The SMILES string of the molecule is COc1ccc(NS(=O)c2cc(C(=O)Nc3ccccc3C)ccc2C)cc1. The number of rotatable bonds is 6. The Morgan fingerprint density at radius 3 is 2.32 bits per heavy atom. The van der Waals surface area contributed by atoms with Crippen LogP contribution in [0.25, 0.3) is 0 Å². The molecule has 0 aliphatic rings. The van der Waals surface area contributed by atoms with Gasteiger partial charge in [-0.25, -0.2) is 4.21 Å². The molecule has 0 bridgehead atoms. The smallest absolute Gasteiger partial charge is 0.255 e. The van der Waals surface area contributed by atoms with E-state index in [2.05, 4.69) is 10.0 Å². The van der Waals surface area contributed by atoms with Gasteiger partial charge in [0.15, 0.2) is 11.0 Å². The summed E-state index contributed by atoms with van der Waals surface area (Å²) in [4.78, 5) is 13.2. The van der Waals surface area contributed by atoms with Gasteiger partial charge in [-0.3, -0.25) is 4.79 Å². The lowest BCUT2D eigenvalue weighted by Gasteiger charge is -2.12. The van der Waals surface area contributed by atoms with Gasteiger partial charge < -0.3 is 14.8 Å². The van der Waals surface area contributed by atoms with E-state index >= 15 is 0 Å². The van der Waals surface area contributed by atoms with Crippen LogP contribution in [-0.2, 0) is 11.0 Å². The average Bonchev–Trinajstić information content (AvgIpc) is 2.70. The van der Waals surface area contributed by atoms with Crippen molar-refractivity contribution >= 4 is 28.3 Å². The Hall–Kier alpha value is -3.12. The minimum atomic E-state index is -1.50. The molecule has 2 N–H and O–H groups in total. The number of benzene rings is 3. The zero-order valence-corrected chi connectivity index (χ0v) is 16.8. The van der Waals surface area contributed by atoms with Crippen molar-refractivity contribution in [2.75, 3.05) is 17.1 Å². The number of hydrogen-bond acceptors (Lipinski definition) is 3. The summed E-state index contributed by atoms with van der Waals surface area (Å²) in [5.74, 6) is 0.486. The van der Waals surface area contributed by atoms with Crippen molar-refractivity contribution < 1.29 is 13.7 Å². The largest absolute Gasteiger partial charge is 0.497 e. The fourth-order valence-electron chi connectivity index (χ4n) is 2.67. The van der Waals surface area contributed by atoms with Crippen molar-refractivity contribution in [3.8, 4) is 5.75 Å². The van der Waals surface area contributed by atoms with E-state index in [9.17, 15) is 9.00 Å². The lowest BCUT2D eigenvalue weighted by atomic mass is 10.1. The van der Waals surface area contributed by atoms with Crippen molar-refractivity contribution in [3.05, 3.63) is 83.4 Å². The quantitative estimate of drug-likeness (QED) is 0.637. The van der Waals surface area contributed by atoms with Gasteiger partial charge >= 0.3 is 0 Å². The summed E-state index contributed by atoms with van der Waals surface area (Å²) in [6.45, 7) is 3.80. The van der Waals surface area contributed by atoms with Crippen LogP contribution in [0.1, 0.15) is 21.5 Å². The number of nitrogens with one attached hydrogen (secondary N) is 2. The van der Waals surface area contributed by atoms with Crippen LogP contribution in [0.4, 0.5) is 11.4 Å². The summed E-state index contributed by atoms with van der Waals surface area (Å²) in [7, 11) is 0.0917. The van der Waals surface area contributed by atoms with E-state index in [0.717, 1.165) is 22.6 Å². The Labute approximate surface area is 167 Å². The Balaban J connectivity index is 1.79. The minimum absolute atomic E-state index is 0.239. The van der Waals surface area contributed by atoms with Gasteiger partial charge in [-0.1, -0.05) is 24.3 Å². The fraction of sp³-hybridized carbons (Fsp3) is 0.136. The number of hydrogen-bond donors (Lipinski definition) is 2. The first-order chi connectivity index (χ1) is 13.5. The molecule has 1 amide bonds. The molecule has 28 heavy (non-hydrogen) atoms. The van der Waals surface area contributed by atoms with Crippen molar-refractivity contribution in [2.45, 2.75) is 18.7 Å². The normalized spacial score (nSPS) is 11.5. The van der Waals surface area contributed by atoms with E-state index in [1.165, 1.54) is 0 Å². The van der Waals surface area contributed by atoms with Crippen LogP contribution >= 0.6 is 0 Å². The van der Waals surface area contributed by atoms with Crippen LogP contribution < -0.4 is 14.8 Å². The summed E-state index contributed by atoms with van der Waals surface area (Å²) in [5.41, 5.74) is 3.73. The molecule has 5 nitrogen and oxygen atoms in total. The predicted molar refractivity (Wildman–Crippen MR) is 113 cm³/mol. The summed E-state index contributed by atoms with van der Waals surface area (Å²) < 4.78 is 20.9. The van der Waals surface area contributed by atoms with Crippen molar-refractivity contribution in [2.24, 2.45) is 0 Å². The van der Waals surface area contributed by atoms with Crippen LogP contribution in [0.3, 0.4) is 0 Å². The molecule has 0 radical (unpaired) electrons. The number of anilines is 2. The van der Waals surface area contributed by atoms with Gasteiger partial charge in [0, 0.05) is 16.9 Å². The molecule has 1 atom stereocenters. The molecule has 3 rings (SSSR count). The predicted octanol–water partition coefficient (Wildman–Crippen LogP) is 4.70. The Morgan fingerprint density at radius 2 is 1.64 bits per heavy atom. The molecule has 0 heterocycles. The molecule has 144 valence electrons. The number of aryl methyl sites for hydroxylation is 2. The molecule has 3 aromatic rings. The molecule has 0 saturated carbocycles. The van der Waals surface area contributed by atoms with E-state index in [1.54, 1.807) is 49.6 Å². The van der Waals surface area contributed by atoms with E-state index in [0.29, 0.717) is 16.1 Å². The summed E-state index contributed by atoms with van der Waals surface area (Å²) in [5, 5.41) is 2.90. The van der Waals surface area contributed by atoms with Gasteiger partial charge in [-0.2, -0.15) is 0 Å². The lowest BCUT2D eigenvalue weighted by Crippen LogP contribution is -2.14.